The third-order valence-corrected chi connectivity index (χ3v) is 5.49. The van der Waals surface area contributed by atoms with Gasteiger partial charge in [0.1, 0.15) is 0 Å². The summed E-state index contributed by atoms with van der Waals surface area (Å²) in [5, 5.41) is 0. The van der Waals surface area contributed by atoms with Gasteiger partial charge in [0.15, 0.2) is 5.78 Å². The number of carbonyl (C=O) groups excluding carboxylic acids is 1. The first-order valence-corrected chi connectivity index (χ1v) is 9.33. The average molecular weight is 413 g/mol. The van der Waals surface area contributed by atoms with Gasteiger partial charge in [-0.2, -0.15) is 13.2 Å². The highest BCUT2D eigenvalue weighted by molar-refractivity contribution is 5.97. The van der Waals surface area contributed by atoms with Crippen LogP contribution in [-0.2, 0) is 12.1 Å². The molecule has 158 valence electrons. The van der Waals surface area contributed by atoms with Gasteiger partial charge in [0.25, 0.3) is 5.92 Å². The van der Waals surface area contributed by atoms with E-state index in [-0.39, 0.29) is 0 Å². The van der Waals surface area contributed by atoms with Crippen molar-refractivity contribution in [2.75, 3.05) is 0 Å². The Bertz CT molecular complexity index is 810. The monoisotopic (exact) mass is 413 g/mol. The van der Waals surface area contributed by atoms with Gasteiger partial charge < -0.3 is 0 Å². The van der Waals surface area contributed by atoms with E-state index in [0.29, 0.717) is 13.0 Å². The highest BCUT2D eigenvalue weighted by Crippen LogP contribution is 2.46. The van der Waals surface area contributed by atoms with E-state index in [1.54, 1.807) is 0 Å². The van der Waals surface area contributed by atoms with Crippen LogP contribution in [0.3, 0.4) is 0 Å². The molecule has 3 unspecified atom stereocenters. The zero-order chi connectivity index (χ0) is 22.0. The van der Waals surface area contributed by atoms with Gasteiger partial charge in [-0.15, -0.1) is 0 Å². The van der Waals surface area contributed by atoms with Gasteiger partial charge in [-0.05, 0) is 54.9 Å². The third kappa shape index (κ3) is 5.40. The summed E-state index contributed by atoms with van der Waals surface area (Å²) in [7, 11) is 0. The van der Waals surface area contributed by atoms with Gasteiger partial charge in [0, 0.05) is 30.4 Å². The molecule has 1 fully saturated rings. The number of aromatic nitrogens is 1. The molecule has 2 aromatic rings. The fourth-order valence-corrected chi connectivity index (χ4v) is 3.61. The predicted molar refractivity (Wildman–Crippen MR) is 101 cm³/mol. The quantitative estimate of drug-likeness (QED) is 0.406. The number of alkyl halides is 5. The highest BCUT2D eigenvalue weighted by atomic mass is 19.4. The number of halogens is 5. The summed E-state index contributed by atoms with van der Waals surface area (Å²) < 4.78 is 64.0. The van der Waals surface area contributed by atoms with Gasteiger partial charge in [-0.3, -0.25) is 9.78 Å². The Morgan fingerprint density at radius 3 is 1.97 bits per heavy atom. The number of hydrogen-bond donors (Lipinski definition) is 0. The van der Waals surface area contributed by atoms with Crippen LogP contribution in [-0.4, -0.2) is 10.8 Å². The van der Waals surface area contributed by atoms with Crippen LogP contribution in [0.1, 0.15) is 67.1 Å². The van der Waals surface area contributed by atoms with E-state index in [0.717, 1.165) is 36.8 Å². The summed E-state index contributed by atoms with van der Waals surface area (Å²) in [5.74, 6) is -1.98. The summed E-state index contributed by atoms with van der Waals surface area (Å²) in [6, 6.07) is 6.60. The van der Waals surface area contributed by atoms with Crippen molar-refractivity contribution in [3.05, 3.63) is 65.0 Å². The molecule has 3 rings (SSSR count). The SMILES string of the molecule is CC(=O)c1c(C(C)(F)F)cccc1C(F)(F)F.CC1CC(c2ccncc2)C1C. The number of rotatable bonds is 3. The Kier molecular flexibility index (Phi) is 6.81. The summed E-state index contributed by atoms with van der Waals surface area (Å²) >= 11 is 0. The van der Waals surface area contributed by atoms with Crippen molar-refractivity contribution in [2.24, 2.45) is 11.8 Å². The standard InChI is InChI=1S/C11H9F5O.C11H15N/c1-6(17)9-7(10(2,12)13)4-3-5-8(9)11(14,15)16;1-8-7-11(9(8)2)10-3-5-12-6-4-10/h3-5H,1-2H3;3-6,8-9,11H,7H2,1-2H3. The van der Waals surface area contributed by atoms with Crippen molar-refractivity contribution in [1.82, 2.24) is 4.98 Å². The largest absolute Gasteiger partial charge is 0.417 e. The molecule has 29 heavy (non-hydrogen) atoms. The van der Waals surface area contributed by atoms with Gasteiger partial charge in [-0.25, -0.2) is 8.78 Å². The topological polar surface area (TPSA) is 30.0 Å². The van der Waals surface area contributed by atoms with Crippen molar-refractivity contribution in [1.29, 1.82) is 0 Å². The fourth-order valence-electron chi connectivity index (χ4n) is 3.61. The number of nitrogens with zero attached hydrogens (tertiary/aromatic N) is 1. The van der Waals surface area contributed by atoms with Crippen LogP contribution in [0.25, 0.3) is 0 Å². The summed E-state index contributed by atoms with van der Waals surface area (Å²) in [4.78, 5) is 15.2. The summed E-state index contributed by atoms with van der Waals surface area (Å²) in [6.07, 6.45) is 0.309. The molecule has 1 aliphatic rings. The number of benzene rings is 1. The Hall–Kier alpha value is -2.31. The first-order valence-electron chi connectivity index (χ1n) is 9.33. The minimum Gasteiger partial charge on any atom is -0.294 e. The molecule has 0 N–H and O–H groups in total. The lowest BCUT2D eigenvalue weighted by atomic mass is 9.64. The van der Waals surface area contributed by atoms with Crippen LogP contribution in [0.2, 0.25) is 0 Å². The molecule has 0 saturated heterocycles. The second-order valence-electron chi connectivity index (χ2n) is 7.63. The van der Waals surface area contributed by atoms with E-state index in [9.17, 15) is 26.7 Å². The van der Waals surface area contributed by atoms with Gasteiger partial charge >= 0.3 is 6.18 Å². The molecule has 7 heteroatoms. The minimum atomic E-state index is -4.83. The highest BCUT2D eigenvalue weighted by Gasteiger charge is 2.39. The molecule has 3 atom stereocenters. The van der Waals surface area contributed by atoms with Gasteiger partial charge in [-0.1, -0.05) is 26.0 Å². The Labute approximate surface area is 167 Å². The molecule has 1 aliphatic carbocycles. The van der Waals surface area contributed by atoms with Crippen molar-refractivity contribution >= 4 is 5.78 Å². The van der Waals surface area contributed by atoms with E-state index < -0.39 is 34.6 Å². The number of pyridine rings is 1. The third-order valence-electron chi connectivity index (χ3n) is 5.49. The zero-order valence-electron chi connectivity index (χ0n) is 16.7. The minimum absolute atomic E-state index is 0.453. The van der Waals surface area contributed by atoms with Crippen molar-refractivity contribution < 1.29 is 26.7 Å². The van der Waals surface area contributed by atoms with Crippen molar-refractivity contribution in [3.8, 4) is 0 Å². The van der Waals surface area contributed by atoms with E-state index in [2.05, 4.69) is 31.0 Å². The zero-order valence-corrected chi connectivity index (χ0v) is 16.7. The summed E-state index contributed by atoms with van der Waals surface area (Å²) in [6.45, 7) is 5.97. The second kappa shape index (κ2) is 8.59. The maximum Gasteiger partial charge on any atom is 0.417 e. The number of ketones is 1. The molecule has 1 aromatic carbocycles. The molecular weight excluding hydrogens is 389 g/mol. The van der Waals surface area contributed by atoms with E-state index in [4.69, 9.17) is 0 Å². The predicted octanol–water partition coefficient (Wildman–Crippen LogP) is 6.86. The number of hydrogen-bond acceptors (Lipinski definition) is 2. The lowest BCUT2D eigenvalue weighted by Crippen LogP contribution is -2.30. The maximum absolute atomic E-state index is 13.1. The van der Waals surface area contributed by atoms with Crippen LogP contribution in [0.4, 0.5) is 22.0 Å². The first kappa shape index (κ1) is 23.0. The van der Waals surface area contributed by atoms with Crippen LogP contribution in [0.5, 0.6) is 0 Å². The molecule has 1 heterocycles. The molecule has 2 nitrogen and oxygen atoms in total. The molecule has 0 bridgehead atoms. The van der Waals surface area contributed by atoms with Gasteiger partial charge in [0.2, 0.25) is 0 Å². The van der Waals surface area contributed by atoms with Crippen LogP contribution < -0.4 is 0 Å². The second-order valence-corrected chi connectivity index (χ2v) is 7.63. The van der Waals surface area contributed by atoms with Crippen molar-refractivity contribution in [2.45, 2.75) is 52.1 Å². The Balaban J connectivity index is 0.000000218. The maximum atomic E-state index is 13.1. The molecule has 0 amide bonds. The molecule has 0 aliphatic heterocycles. The molecule has 1 aromatic heterocycles. The Morgan fingerprint density at radius 2 is 1.55 bits per heavy atom. The lowest BCUT2D eigenvalue weighted by molar-refractivity contribution is -0.138. The first-order chi connectivity index (χ1) is 13.3. The summed E-state index contributed by atoms with van der Waals surface area (Å²) in [5.41, 5.74) is -1.73. The average Bonchev–Trinajstić information content (AvgIpc) is 2.65. The van der Waals surface area contributed by atoms with Gasteiger partial charge in [0.05, 0.1) is 5.56 Å². The molecule has 0 radical (unpaired) electrons. The normalized spacial score (nSPS) is 21.6. The molecular formula is C22H24F5NO. The van der Waals surface area contributed by atoms with E-state index in [1.807, 2.05) is 12.4 Å². The molecule has 1 saturated carbocycles. The number of Topliss-reactive ketones (excluding diaryl/α,β-unsaturated/α-hetero) is 1. The van der Waals surface area contributed by atoms with Crippen molar-refractivity contribution in [3.63, 3.8) is 0 Å². The van der Waals surface area contributed by atoms with Crippen LogP contribution in [0.15, 0.2) is 42.7 Å². The molecule has 0 spiro atoms. The number of carbonyl (C=O) groups is 1. The van der Waals surface area contributed by atoms with E-state index in [1.165, 1.54) is 12.0 Å². The smallest absolute Gasteiger partial charge is 0.294 e. The Morgan fingerprint density at radius 1 is 1.00 bits per heavy atom. The van der Waals surface area contributed by atoms with Crippen LogP contribution >= 0.6 is 0 Å². The fraction of sp³-hybridized carbons (Fsp3) is 0.455. The lowest BCUT2D eigenvalue weighted by Gasteiger charge is -2.41. The van der Waals surface area contributed by atoms with E-state index >= 15 is 0 Å². The van der Waals surface area contributed by atoms with Crippen LogP contribution in [0, 0.1) is 11.8 Å².